The summed E-state index contributed by atoms with van der Waals surface area (Å²) in [7, 11) is 0. The first kappa shape index (κ1) is 20.3. The molecule has 0 bridgehead atoms. The summed E-state index contributed by atoms with van der Waals surface area (Å²) in [6, 6.07) is 7.56. The molecule has 0 aromatic heterocycles. The Morgan fingerprint density at radius 3 is 2.61 bits per heavy atom. The highest BCUT2D eigenvalue weighted by Crippen LogP contribution is 2.20. The first-order valence-corrected chi connectivity index (χ1v) is 9.55. The second kappa shape index (κ2) is 8.68. The molecule has 0 radical (unpaired) electrons. The van der Waals surface area contributed by atoms with Gasteiger partial charge in [0, 0.05) is 0 Å². The van der Waals surface area contributed by atoms with E-state index in [0.717, 1.165) is 11.3 Å². The van der Waals surface area contributed by atoms with Crippen LogP contribution in [0.15, 0.2) is 24.3 Å². The van der Waals surface area contributed by atoms with Crippen LogP contribution in [0.1, 0.15) is 26.3 Å². The third-order valence-corrected chi connectivity index (χ3v) is 4.36. The number of epoxide rings is 1. The number of nitrogens with one attached hydrogen (secondary N) is 1. The van der Waals surface area contributed by atoms with E-state index in [9.17, 15) is 9.59 Å². The molecular formula is C20H28N2O6. The number of hydrogen-bond acceptors (Lipinski definition) is 6. The quantitative estimate of drug-likeness (QED) is 0.683. The van der Waals surface area contributed by atoms with Crippen molar-refractivity contribution in [3.63, 3.8) is 0 Å². The Labute approximate surface area is 165 Å². The molecule has 8 heteroatoms. The Kier molecular flexibility index (Phi) is 6.28. The molecule has 0 saturated carbocycles. The van der Waals surface area contributed by atoms with Crippen molar-refractivity contribution < 1.29 is 28.5 Å². The topological polar surface area (TPSA) is 89.6 Å². The van der Waals surface area contributed by atoms with Gasteiger partial charge in [0.2, 0.25) is 0 Å². The van der Waals surface area contributed by atoms with Gasteiger partial charge in [0.05, 0.1) is 25.7 Å². The maximum atomic E-state index is 12.1. The number of amides is 2. The summed E-state index contributed by atoms with van der Waals surface area (Å²) >= 11 is 0. The molecule has 8 nitrogen and oxygen atoms in total. The number of ether oxygens (including phenoxy) is 4. The normalized spacial score (nSPS) is 19.8. The number of rotatable bonds is 8. The maximum absolute atomic E-state index is 12.1. The zero-order chi connectivity index (χ0) is 20.1. The van der Waals surface area contributed by atoms with Gasteiger partial charge in [-0.1, -0.05) is 12.1 Å². The van der Waals surface area contributed by atoms with Crippen molar-refractivity contribution >= 4 is 12.2 Å². The summed E-state index contributed by atoms with van der Waals surface area (Å²) in [6.45, 7) is 8.10. The molecule has 0 unspecified atom stereocenters. The van der Waals surface area contributed by atoms with Crippen molar-refractivity contribution in [1.29, 1.82) is 0 Å². The van der Waals surface area contributed by atoms with Crippen molar-refractivity contribution in [2.75, 3.05) is 32.9 Å². The second-order valence-corrected chi connectivity index (χ2v) is 7.92. The van der Waals surface area contributed by atoms with Gasteiger partial charge in [-0.25, -0.2) is 9.59 Å². The largest absolute Gasteiger partial charge is 0.492 e. The third-order valence-electron chi connectivity index (χ3n) is 4.36. The first-order valence-electron chi connectivity index (χ1n) is 9.55. The van der Waals surface area contributed by atoms with Gasteiger partial charge in [0.1, 0.15) is 30.7 Å². The molecular weight excluding hydrogens is 364 g/mol. The lowest BCUT2D eigenvalue weighted by molar-refractivity contribution is 0.0495. The van der Waals surface area contributed by atoms with E-state index in [-0.39, 0.29) is 18.2 Å². The number of hydrogen-bond donors (Lipinski definition) is 1. The average molecular weight is 392 g/mol. The Morgan fingerprint density at radius 1 is 1.32 bits per heavy atom. The minimum atomic E-state index is -0.538. The van der Waals surface area contributed by atoms with Gasteiger partial charge in [0.25, 0.3) is 0 Å². The number of carbonyl (C=O) groups excluding carboxylic acids is 2. The number of nitrogens with zero attached hydrogens (tertiary/aromatic N) is 1. The zero-order valence-electron chi connectivity index (χ0n) is 16.6. The van der Waals surface area contributed by atoms with Crippen LogP contribution in [-0.2, 0) is 20.6 Å². The fourth-order valence-corrected chi connectivity index (χ4v) is 2.90. The van der Waals surface area contributed by atoms with Crippen LogP contribution in [-0.4, -0.2) is 67.7 Å². The molecule has 3 rings (SSSR count). The third kappa shape index (κ3) is 6.30. The fraction of sp³-hybridized carbons (Fsp3) is 0.600. The second-order valence-electron chi connectivity index (χ2n) is 7.92. The van der Waals surface area contributed by atoms with Crippen LogP contribution in [0.25, 0.3) is 0 Å². The van der Waals surface area contributed by atoms with Crippen LogP contribution in [0.4, 0.5) is 9.59 Å². The summed E-state index contributed by atoms with van der Waals surface area (Å²) in [5, 5.41) is 2.90. The Balaban J connectivity index is 1.46. The van der Waals surface area contributed by atoms with Gasteiger partial charge >= 0.3 is 12.2 Å². The van der Waals surface area contributed by atoms with E-state index in [4.69, 9.17) is 18.9 Å². The first-order chi connectivity index (χ1) is 13.3. The van der Waals surface area contributed by atoms with Gasteiger partial charge in [-0.2, -0.15) is 0 Å². The predicted octanol–water partition coefficient (Wildman–Crippen LogP) is 2.35. The molecule has 2 fully saturated rings. The van der Waals surface area contributed by atoms with Crippen molar-refractivity contribution in [2.45, 2.75) is 44.9 Å². The molecule has 1 aromatic rings. The minimum Gasteiger partial charge on any atom is -0.492 e. The SMILES string of the molecule is CC(C)(C)OC(=O)N[C@@H](Cc1ccc(OCCN2CCOC2=O)cc1)[C@H]1CO1. The molecule has 2 heterocycles. The highest BCUT2D eigenvalue weighted by atomic mass is 16.6. The molecule has 2 amide bonds. The van der Waals surface area contributed by atoms with Gasteiger partial charge < -0.3 is 29.2 Å². The summed E-state index contributed by atoms with van der Waals surface area (Å²) in [5.74, 6) is 0.732. The number of carbonyl (C=O) groups is 2. The van der Waals surface area contributed by atoms with Crippen LogP contribution in [0.2, 0.25) is 0 Å². The molecule has 2 saturated heterocycles. The summed E-state index contributed by atoms with van der Waals surface area (Å²) in [4.78, 5) is 25.0. The predicted molar refractivity (Wildman–Crippen MR) is 101 cm³/mol. The van der Waals surface area contributed by atoms with E-state index in [2.05, 4.69) is 5.32 Å². The molecule has 2 atom stereocenters. The van der Waals surface area contributed by atoms with E-state index >= 15 is 0 Å². The lowest BCUT2D eigenvalue weighted by atomic mass is 10.0. The van der Waals surface area contributed by atoms with E-state index in [0.29, 0.717) is 39.3 Å². The van der Waals surface area contributed by atoms with Gasteiger partial charge in [-0.05, 0) is 44.9 Å². The standard InChI is InChI=1S/C20H28N2O6/c1-20(2,3)28-18(23)21-16(17-13-27-17)12-14-4-6-15(7-5-14)25-10-8-22-9-11-26-19(22)24/h4-7,16-17H,8-13H2,1-3H3,(H,21,23)/t16-,17+/m0/s1. The molecule has 1 aromatic carbocycles. The maximum Gasteiger partial charge on any atom is 0.410 e. The smallest absolute Gasteiger partial charge is 0.410 e. The van der Waals surface area contributed by atoms with Crippen LogP contribution in [0.3, 0.4) is 0 Å². The van der Waals surface area contributed by atoms with Crippen LogP contribution < -0.4 is 10.1 Å². The highest BCUT2D eigenvalue weighted by Gasteiger charge is 2.35. The molecule has 0 spiro atoms. The molecule has 154 valence electrons. The van der Waals surface area contributed by atoms with Crippen molar-refractivity contribution in [2.24, 2.45) is 0 Å². The van der Waals surface area contributed by atoms with Gasteiger partial charge in [-0.3, -0.25) is 0 Å². The van der Waals surface area contributed by atoms with Crippen molar-refractivity contribution in [3.05, 3.63) is 29.8 Å². The molecule has 28 heavy (non-hydrogen) atoms. The minimum absolute atomic E-state index is 0.0173. The van der Waals surface area contributed by atoms with Crippen LogP contribution >= 0.6 is 0 Å². The lowest BCUT2D eigenvalue weighted by Crippen LogP contribution is -2.43. The summed E-state index contributed by atoms with van der Waals surface area (Å²) < 4.78 is 21.3. The van der Waals surface area contributed by atoms with Crippen LogP contribution in [0, 0.1) is 0 Å². The van der Waals surface area contributed by atoms with Gasteiger partial charge in [-0.15, -0.1) is 0 Å². The number of alkyl carbamates (subject to hydrolysis) is 1. The summed E-state index contributed by atoms with van der Waals surface area (Å²) in [5.41, 5.74) is 0.524. The molecule has 2 aliphatic rings. The Morgan fingerprint density at radius 2 is 2.04 bits per heavy atom. The highest BCUT2D eigenvalue weighted by molar-refractivity contribution is 5.69. The number of benzene rings is 1. The van der Waals surface area contributed by atoms with Crippen molar-refractivity contribution in [1.82, 2.24) is 10.2 Å². The lowest BCUT2D eigenvalue weighted by Gasteiger charge is -2.23. The van der Waals surface area contributed by atoms with Crippen LogP contribution in [0.5, 0.6) is 5.75 Å². The van der Waals surface area contributed by atoms with E-state index in [1.165, 1.54) is 0 Å². The van der Waals surface area contributed by atoms with E-state index < -0.39 is 11.7 Å². The zero-order valence-corrected chi connectivity index (χ0v) is 16.6. The van der Waals surface area contributed by atoms with Crippen molar-refractivity contribution in [3.8, 4) is 5.75 Å². The van der Waals surface area contributed by atoms with E-state index in [1.54, 1.807) is 4.90 Å². The van der Waals surface area contributed by atoms with E-state index in [1.807, 2.05) is 45.0 Å². The Bertz CT molecular complexity index is 681. The average Bonchev–Trinajstić information content (AvgIpc) is 3.38. The fourth-order valence-electron chi connectivity index (χ4n) is 2.90. The Hall–Kier alpha value is -2.48. The number of cyclic esters (lactones) is 1. The summed E-state index contributed by atoms with van der Waals surface area (Å²) in [6.07, 6.45) is -0.0640. The monoisotopic (exact) mass is 392 g/mol. The van der Waals surface area contributed by atoms with Gasteiger partial charge in [0.15, 0.2) is 0 Å². The molecule has 0 aliphatic carbocycles. The molecule has 1 N–H and O–H groups in total. The molecule has 2 aliphatic heterocycles.